The Morgan fingerprint density at radius 3 is 2.79 bits per heavy atom. The molecule has 1 rings (SSSR count). The van der Waals surface area contributed by atoms with Crippen molar-refractivity contribution in [2.75, 3.05) is 6.61 Å². The summed E-state index contributed by atoms with van der Waals surface area (Å²) in [7, 11) is 0. The lowest BCUT2D eigenvalue weighted by Crippen LogP contribution is -2.41. The van der Waals surface area contributed by atoms with Crippen molar-refractivity contribution in [2.45, 2.75) is 19.6 Å². The van der Waals surface area contributed by atoms with Gasteiger partial charge in [0.15, 0.2) is 6.10 Å². The van der Waals surface area contributed by atoms with E-state index in [-0.39, 0.29) is 6.54 Å². The Balaban J connectivity index is 2.20. The van der Waals surface area contributed by atoms with Gasteiger partial charge in [0.2, 0.25) is 0 Å². The van der Waals surface area contributed by atoms with Gasteiger partial charge in [0.05, 0.1) is 12.8 Å². The smallest absolute Gasteiger partial charge is 0.332 e. The van der Waals surface area contributed by atoms with E-state index in [9.17, 15) is 14.4 Å². The third kappa shape index (κ3) is 5.68. The van der Waals surface area contributed by atoms with E-state index in [0.717, 1.165) is 0 Å². The highest BCUT2D eigenvalue weighted by Crippen LogP contribution is 1.98. The van der Waals surface area contributed by atoms with E-state index in [4.69, 9.17) is 14.3 Å². The molecule has 104 valence electrons. The number of hydrogen-bond donors (Lipinski definition) is 3. The zero-order valence-corrected chi connectivity index (χ0v) is 10.2. The highest BCUT2D eigenvalue weighted by molar-refractivity contribution is 5.94. The molecule has 0 saturated carbocycles. The Kier molecular flexibility index (Phi) is 5.55. The van der Waals surface area contributed by atoms with Crippen LogP contribution in [0, 0.1) is 0 Å². The summed E-state index contributed by atoms with van der Waals surface area (Å²) in [5, 5.41) is 12.9. The number of carbonyl (C=O) groups excluding carboxylic acids is 2. The summed E-state index contributed by atoms with van der Waals surface area (Å²) in [4.78, 5) is 32.9. The van der Waals surface area contributed by atoms with Crippen LogP contribution in [0.25, 0.3) is 0 Å². The standard InChI is InChI=1S/C11H14N2O6/c1-7(10(15)16)19-6-9(14)13-11(17)12-5-8-3-2-4-18-8/h2-4,7H,5-6H2,1H3,(H,15,16)(H2,12,13,14,17)/t7-/m0/s1. The van der Waals surface area contributed by atoms with Gasteiger partial charge in [0.25, 0.3) is 5.91 Å². The summed E-state index contributed by atoms with van der Waals surface area (Å²) >= 11 is 0. The Hall–Kier alpha value is -2.35. The first-order valence-electron chi connectivity index (χ1n) is 5.43. The van der Waals surface area contributed by atoms with Gasteiger partial charge in [-0.1, -0.05) is 0 Å². The number of carbonyl (C=O) groups is 3. The van der Waals surface area contributed by atoms with Crippen LogP contribution in [0.1, 0.15) is 12.7 Å². The molecule has 3 N–H and O–H groups in total. The number of carboxylic acid groups (broad SMARTS) is 1. The van der Waals surface area contributed by atoms with Crippen LogP contribution in [0.4, 0.5) is 4.79 Å². The first-order chi connectivity index (χ1) is 8.99. The van der Waals surface area contributed by atoms with Gasteiger partial charge in [0.1, 0.15) is 12.4 Å². The summed E-state index contributed by atoms with van der Waals surface area (Å²) < 4.78 is 9.68. The number of imide groups is 1. The molecule has 0 bridgehead atoms. The number of hydrogen-bond acceptors (Lipinski definition) is 5. The number of furan rings is 1. The predicted molar refractivity (Wildman–Crippen MR) is 62.1 cm³/mol. The first-order valence-corrected chi connectivity index (χ1v) is 5.43. The van der Waals surface area contributed by atoms with Crippen LogP contribution >= 0.6 is 0 Å². The minimum Gasteiger partial charge on any atom is -0.479 e. The number of urea groups is 1. The van der Waals surface area contributed by atoms with Crippen molar-refractivity contribution in [1.82, 2.24) is 10.6 Å². The van der Waals surface area contributed by atoms with Crippen LogP contribution in [0.5, 0.6) is 0 Å². The van der Waals surface area contributed by atoms with Crippen LogP contribution < -0.4 is 10.6 Å². The van der Waals surface area contributed by atoms with Crippen molar-refractivity contribution in [3.63, 3.8) is 0 Å². The van der Waals surface area contributed by atoms with Crippen molar-refractivity contribution in [1.29, 1.82) is 0 Å². The third-order valence-corrected chi connectivity index (χ3v) is 2.07. The minimum atomic E-state index is -1.19. The fraction of sp³-hybridized carbons (Fsp3) is 0.364. The van der Waals surface area contributed by atoms with E-state index in [2.05, 4.69) is 5.32 Å². The number of ether oxygens (including phenoxy) is 1. The molecule has 0 unspecified atom stereocenters. The fourth-order valence-electron chi connectivity index (χ4n) is 1.06. The number of amides is 3. The van der Waals surface area contributed by atoms with E-state index in [1.54, 1.807) is 12.1 Å². The second-order valence-corrected chi connectivity index (χ2v) is 3.60. The molecular formula is C11H14N2O6. The van der Waals surface area contributed by atoms with Gasteiger partial charge in [-0.15, -0.1) is 0 Å². The van der Waals surface area contributed by atoms with Gasteiger partial charge >= 0.3 is 12.0 Å². The lowest BCUT2D eigenvalue weighted by Gasteiger charge is -2.08. The van der Waals surface area contributed by atoms with E-state index >= 15 is 0 Å². The predicted octanol–water partition coefficient (Wildman–Crippen LogP) is 0.0951. The molecule has 8 nitrogen and oxygen atoms in total. The van der Waals surface area contributed by atoms with Crippen LogP contribution in [-0.2, 0) is 20.9 Å². The van der Waals surface area contributed by atoms with Crippen LogP contribution in [0.3, 0.4) is 0 Å². The quantitative estimate of drug-likeness (QED) is 0.674. The molecule has 3 amide bonds. The number of carboxylic acids is 1. The largest absolute Gasteiger partial charge is 0.479 e. The normalized spacial score (nSPS) is 11.6. The number of rotatable bonds is 6. The number of nitrogens with one attached hydrogen (secondary N) is 2. The van der Waals surface area contributed by atoms with Crippen molar-refractivity contribution in [3.8, 4) is 0 Å². The SMILES string of the molecule is C[C@H](OCC(=O)NC(=O)NCc1ccco1)C(=O)O. The van der Waals surface area contributed by atoms with Gasteiger partial charge < -0.3 is 19.6 Å². The Morgan fingerprint density at radius 2 is 2.21 bits per heavy atom. The van der Waals surface area contributed by atoms with E-state index in [0.29, 0.717) is 5.76 Å². The van der Waals surface area contributed by atoms with Gasteiger partial charge in [-0.3, -0.25) is 10.1 Å². The maximum Gasteiger partial charge on any atom is 0.332 e. The second kappa shape index (κ2) is 7.17. The lowest BCUT2D eigenvalue weighted by molar-refractivity contribution is -0.150. The van der Waals surface area contributed by atoms with Crippen molar-refractivity contribution < 1.29 is 28.6 Å². The summed E-state index contributed by atoms with van der Waals surface area (Å²) in [5.74, 6) is -1.38. The molecule has 8 heteroatoms. The topological polar surface area (TPSA) is 118 Å². The maximum atomic E-state index is 11.3. The molecule has 1 heterocycles. The van der Waals surface area contributed by atoms with E-state index in [1.807, 2.05) is 5.32 Å². The molecule has 0 saturated heterocycles. The monoisotopic (exact) mass is 270 g/mol. The Morgan fingerprint density at radius 1 is 1.47 bits per heavy atom. The van der Waals surface area contributed by atoms with Gasteiger partial charge in [-0.2, -0.15) is 0 Å². The Labute approximate surface area is 108 Å². The molecule has 19 heavy (non-hydrogen) atoms. The van der Waals surface area contributed by atoms with Crippen molar-refractivity contribution >= 4 is 17.9 Å². The zero-order chi connectivity index (χ0) is 14.3. The summed E-state index contributed by atoms with van der Waals surface area (Å²) in [5.41, 5.74) is 0. The summed E-state index contributed by atoms with van der Waals surface area (Å²) in [6.07, 6.45) is 0.346. The van der Waals surface area contributed by atoms with Crippen molar-refractivity contribution in [2.24, 2.45) is 0 Å². The van der Waals surface area contributed by atoms with E-state index < -0.39 is 30.6 Å². The average molecular weight is 270 g/mol. The first kappa shape index (κ1) is 14.7. The lowest BCUT2D eigenvalue weighted by atomic mass is 10.4. The van der Waals surface area contributed by atoms with Gasteiger partial charge in [-0.05, 0) is 19.1 Å². The van der Waals surface area contributed by atoms with E-state index in [1.165, 1.54) is 13.2 Å². The molecule has 0 fully saturated rings. The molecule has 0 radical (unpaired) electrons. The highest BCUT2D eigenvalue weighted by atomic mass is 16.5. The maximum absolute atomic E-state index is 11.3. The molecule has 1 aromatic heterocycles. The molecule has 0 aliphatic heterocycles. The summed E-state index contributed by atoms with van der Waals surface area (Å²) in [6, 6.07) is 2.62. The van der Waals surface area contributed by atoms with Crippen molar-refractivity contribution in [3.05, 3.63) is 24.2 Å². The molecule has 0 spiro atoms. The molecule has 0 aliphatic carbocycles. The molecule has 0 aromatic carbocycles. The number of aliphatic carboxylic acids is 1. The minimum absolute atomic E-state index is 0.137. The average Bonchev–Trinajstić information content (AvgIpc) is 2.86. The zero-order valence-electron chi connectivity index (χ0n) is 10.2. The molecule has 1 atom stereocenters. The Bertz CT molecular complexity index is 442. The van der Waals surface area contributed by atoms with Crippen LogP contribution in [0.2, 0.25) is 0 Å². The van der Waals surface area contributed by atoms with Crippen LogP contribution in [0.15, 0.2) is 22.8 Å². The van der Waals surface area contributed by atoms with Gasteiger partial charge in [-0.25, -0.2) is 9.59 Å². The summed E-state index contributed by atoms with van der Waals surface area (Å²) in [6.45, 7) is 0.909. The molecule has 1 aromatic rings. The molecular weight excluding hydrogens is 256 g/mol. The van der Waals surface area contributed by atoms with Gasteiger partial charge in [0, 0.05) is 0 Å². The third-order valence-electron chi connectivity index (χ3n) is 2.07. The van der Waals surface area contributed by atoms with Crippen LogP contribution in [-0.4, -0.2) is 35.7 Å². The fourth-order valence-corrected chi connectivity index (χ4v) is 1.06. The molecule has 0 aliphatic rings. The highest BCUT2D eigenvalue weighted by Gasteiger charge is 2.14. The second-order valence-electron chi connectivity index (χ2n) is 3.60.